The molecule has 2 atom stereocenters. The number of rotatable bonds is 3. The minimum Gasteiger partial charge on any atom is -0.326 e. The standard InChI is InChI=1S/C4H11N.H4O5P2/c1-4-5(2)3;1-6(2)5-7(3)4/h4H2,1-3H3;6-7H,(H,1,2)(H,3,4). The average molecular weight is 219 g/mol. The van der Waals surface area contributed by atoms with Crippen LogP contribution in [0.4, 0.5) is 0 Å². The number of nitrogens with zero attached hydrogens (tertiary/aromatic N) is 1. The molecule has 0 rings (SSSR count). The first-order chi connectivity index (χ1) is 5.40. The molecule has 0 aliphatic carbocycles. The molecule has 0 saturated carbocycles. The maximum absolute atomic E-state index is 9.44. The molecule has 0 aromatic heterocycles. The number of hydrogen-bond acceptors (Lipinski definition) is 4. The Labute approximate surface area is 73.1 Å². The molecule has 0 fully saturated rings. The van der Waals surface area contributed by atoms with E-state index in [0.29, 0.717) is 0 Å². The van der Waals surface area contributed by atoms with Crippen molar-refractivity contribution in [3.05, 3.63) is 0 Å². The lowest BCUT2D eigenvalue weighted by Crippen LogP contribution is -2.08. The molecule has 0 radical (unpaired) electrons. The van der Waals surface area contributed by atoms with Crippen molar-refractivity contribution in [3.63, 3.8) is 0 Å². The second-order valence-corrected chi connectivity index (χ2v) is 3.91. The van der Waals surface area contributed by atoms with Gasteiger partial charge in [0.2, 0.25) is 0 Å². The third-order valence-corrected chi connectivity index (χ3v) is 2.20. The van der Waals surface area contributed by atoms with Gasteiger partial charge >= 0.3 is 16.5 Å². The summed E-state index contributed by atoms with van der Waals surface area (Å²) in [6.07, 6.45) is 0. The summed E-state index contributed by atoms with van der Waals surface area (Å²) in [5, 5.41) is 0. The lowest BCUT2D eigenvalue weighted by atomic mass is 10.7. The van der Waals surface area contributed by atoms with Crippen LogP contribution in [0.5, 0.6) is 0 Å². The molecule has 0 aromatic carbocycles. The van der Waals surface area contributed by atoms with Gasteiger partial charge in [-0.2, -0.15) is 0 Å². The Morgan fingerprint density at radius 3 is 1.50 bits per heavy atom. The van der Waals surface area contributed by atoms with Crippen molar-refractivity contribution < 1.29 is 23.2 Å². The van der Waals surface area contributed by atoms with E-state index in [-0.39, 0.29) is 0 Å². The van der Waals surface area contributed by atoms with Crippen LogP contribution in [-0.2, 0) is 13.4 Å². The van der Waals surface area contributed by atoms with Gasteiger partial charge in [0.1, 0.15) is 0 Å². The second-order valence-electron chi connectivity index (χ2n) is 2.03. The van der Waals surface area contributed by atoms with E-state index in [1.165, 1.54) is 0 Å². The SMILES string of the molecule is CCN(C)C.O=[PH](O)O[PH](=O)O. The molecule has 76 valence electrons. The van der Waals surface area contributed by atoms with E-state index >= 15 is 0 Å². The molecule has 0 aliphatic heterocycles. The highest BCUT2D eigenvalue weighted by Gasteiger charge is 1.93. The quantitative estimate of drug-likeness (QED) is 0.665. The minimum absolute atomic E-state index is 1.14. The molecule has 6 nitrogen and oxygen atoms in total. The van der Waals surface area contributed by atoms with E-state index in [4.69, 9.17) is 9.79 Å². The fraction of sp³-hybridized carbons (Fsp3) is 1.00. The molecular formula is C4H15NO5P2. The van der Waals surface area contributed by atoms with Crippen molar-refractivity contribution >= 4 is 16.5 Å². The van der Waals surface area contributed by atoms with Gasteiger partial charge in [0.25, 0.3) is 0 Å². The average Bonchev–Trinajstić information content (AvgIpc) is 1.85. The first-order valence-electron chi connectivity index (χ1n) is 3.18. The van der Waals surface area contributed by atoms with Crippen LogP contribution in [0.2, 0.25) is 0 Å². The molecule has 0 bridgehead atoms. The van der Waals surface area contributed by atoms with Crippen LogP contribution >= 0.6 is 16.5 Å². The molecule has 0 spiro atoms. The fourth-order valence-electron chi connectivity index (χ4n) is 0.0747. The van der Waals surface area contributed by atoms with Crippen molar-refractivity contribution in [1.29, 1.82) is 0 Å². The van der Waals surface area contributed by atoms with Crippen molar-refractivity contribution in [2.45, 2.75) is 6.92 Å². The molecule has 12 heavy (non-hydrogen) atoms. The maximum Gasteiger partial charge on any atom is 0.323 e. The molecule has 2 unspecified atom stereocenters. The Balaban J connectivity index is 0. The Kier molecular flexibility index (Phi) is 11.6. The molecule has 0 amide bonds. The van der Waals surface area contributed by atoms with E-state index in [0.717, 1.165) is 6.54 Å². The van der Waals surface area contributed by atoms with Crippen LogP contribution in [-0.4, -0.2) is 35.3 Å². The van der Waals surface area contributed by atoms with E-state index < -0.39 is 16.5 Å². The molecule has 0 saturated heterocycles. The summed E-state index contributed by atoms with van der Waals surface area (Å²) >= 11 is 0. The number of hydrogen-bond donors (Lipinski definition) is 2. The first kappa shape index (κ1) is 14.8. The molecule has 0 heterocycles. The van der Waals surface area contributed by atoms with Crippen LogP contribution < -0.4 is 0 Å². The van der Waals surface area contributed by atoms with Gasteiger partial charge < -0.3 is 14.7 Å². The third kappa shape index (κ3) is 22.4. The summed E-state index contributed by atoms with van der Waals surface area (Å²) in [6.45, 7) is 3.26. The fourth-order valence-corrected chi connectivity index (χ4v) is 0.672. The Hall–Kier alpha value is 0.300. The summed E-state index contributed by atoms with van der Waals surface area (Å²) in [5.41, 5.74) is 0. The van der Waals surface area contributed by atoms with Gasteiger partial charge in [0.05, 0.1) is 0 Å². The van der Waals surface area contributed by atoms with Crippen molar-refractivity contribution in [1.82, 2.24) is 4.90 Å². The third-order valence-electron chi connectivity index (χ3n) is 0.807. The van der Waals surface area contributed by atoms with Gasteiger partial charge in [0, 0.05) is 0 Å². The Morgan fingerprint density at radius 2 is 1.50 bits per heavy atom. The summed E-state index contributed by atoms with van der Waals surface area (Å²) in [5.74, 6) is 0. The Bertz CT molecular complexity index is 138. The highest BCUT2D eigenvalue weighted by molar-refractivity contribution is 7.46. The summed E-state index contributed by atoms with van der Waals surface area (Å²) in [6, 6.07) is 0. The molecule has 2 N–H and O–H groups in total. The molecule has 0 aromatic rings. The maximum atomic E-state index is 9.44. The topological polar surface area (TPSA) is 87.1 Å². The van der Waals surface area contributed by atoms with Crippen LogP contribution in [0.1, 0.15) is 6.92 Å². The summed E-state index contributed by atoms with van der Waals surface area (Å²) in [4.78, 5) is 17.5. The molecule has 8 heteroatoms. The second kappa shape index (κ2) is 9.39. The van der Waals surface area contributed by atoms with Crippen LogP contribution in [0, 0.1) is 0 Å². The van der Waals surface area contributed by atoms with Gasteiger partial charge in [-0.05, 0) is 20.6 Å². The zero-order chi connectivity index (χ0) is 10.1. The predicted octanol–water partition coefficient (Wildman–Crippen LogP) is 0.335. The van der Waals surface area contributed by atoms with Crippen molar-refractivity contribution in [2.24, 2.45) is 0 Å². The normalized spacial score (nSPS) is 14.8. The summed E-state index contributed by atoms with van der Waals surface area (Å²) < 4.78 is 22.3. The van der Waals surface area contributed by atoms with Gasteiger partial charge in [-0.15, -0.1) is 0 Å². The van der Waals surface area contributed by atoms with Crippen LogP contribution in [0.3, 0.4) is 0 Å². The van der Waals surface area contributed by atoms with E-state index in [9.17, 15) is 9.13 Å². The van der Waals surface area contributed by atoms with Crippen LogP contribution in [0.15, 0.2) is 0 Å². The first-order valence-corrected chi connectivity index (χ1v) is 5.71. The largest absolute Gasteiger partial charge is 0.326 e. The minimum atomic E-state index is -3.20. The van der Waals surface area contributed by atoms with Gasteiger partial charge in [-0.1, -0.05) is 6.92 Å². The Morgan fingerprint density at radius 1 is 1.25 bits per heavy atom. The highest BCUT2D eigenvalue weighted by Crippen LogP contribution is 2.30. The van der Waals surface area contributed by atoms with E-state index in [2.05, 4.69) is 30.2 Å². The van der Waals surface area contributed by atoms with E-state index in [1.807, 2.05) is 0 Å². The van der Waals surface area contributed by atoms with Gasteiger partial charge in [-0.25, -0.2) is 4.31 Å². The molecule has 0 aliphatic rings. The van der Waals surface area contributed by atoms with Crippen molar-refractivity contribution in [3.8, 4) is 0 Å². The van der Waals surface area contributed by atoms with Crippen molar-refractivity contribution in [2.75, 3.05) is 20.6 Å². The zero-order valence-electron chi connectivity index (χ0n) is 7.27. The van der Waals surface area contributed by atoms with E-state index in [1.54, 1.807) is 0 Å². The van der Waals surface area contributed by atoms with Gasteiger partial charge in [-0.3, -0.25) is 9.13 Å². The zero-order valence-corrected chi connectivity index (χ0v) is 9.27. The molecular weight excluding hydrogens is 204 g/mol. The highest BCUT2D eigenvalue weighted by atomic mass is 31.2. The lowest BCUT2D eigenvalue weighted by molar-refractivity contribution is 0.371. The predicted molar refractivity (Wildman–Crippen MR) is 47.8 cm³/mol. The van der Waals surface area contributed by atoms with Gasteiger partial charge in [0.15, 0.2) is 0 Å². The monoisotopic (exact) mass is 219 g/mol. The smallest absolute Gasteiger partial charge is 0.323 e. The van der Waals surface area contributed by atoms with Crippen LogP contribution in [0.25, 0.3) is 0 Å². The summed E-state index contributed by atoms with van der Waals surface area (Å²) in [7, 11) is -2.29. The lowest BCUT2D eigenvalue weighted by Gasteiger charge is -2.00.